The molecule has 1 fully saturated rings. The maximum absolute atomic E-state index is 13.3. The van der Waals surface area contributed by atoms with Gasteiger partial charge in [0.1, 0.15) is 6.61 Å². The van der Waals surface area contributed by atoms with Gasteiger partial charge in [-0.05, 0) is 48.7 Å². The van der Waals surface area contributed by atoms with Crippen molar-refractivity contribution in [2.75, 3.05) is 44.2 Å². The number of sulfonamides is 1. The number of ether oxygens (including phenoxy) is 2. The van der Waals surface area contributed by atoms with E-state index in [1.54, 1.807) is 40.1 Å². The lowest BCUT2D eigenvalue weighted by atomic mass is 10.0. The zero-order valence-corrected chi connectivity index (χ0v) is 19.8. The van der Waals surface area contributed by atoms with Gasteiger partial charge in [-0.15, -0.1) is 0 Å². The van der Waals surface area contributed by atoms with Gasteiger partial charge in [0, 0.05) is 45.3 Å². The smallest absolute Gasteiger partial charge is 0.267 e. The van der Waals surface area contributed by atoms with E-state index in [-0.39, 0.29) is 49.5 Å². The van der Waals surface area contributed by atoms with Crippen molar-refractivity contribution in [1.29, 1.82) is 0 Å². The summed E-state index contributed by atoms with van der Waals surface area (Å²) in [5.74, 6) is 0.890. The van der Waals surface area contributed by atoms with E-state index in [0.717, 1.165) is 24.1 Å². The Morgan fingerprint density at radius 2 is 1.71 bits per heavy atom. The van der Waals surface area contributed by atoms with Crippen LogP contribution in [0.2, 0.25) is 0 Å². The minimum Gasteiger partial charge on any atom is -0.485 e. The summed E-state index contributed by atoms with van der Waals surface area (Å²) in [4.78, 5) is 28.4. The van der Waals surface area contributed by atoms with Gasteiger partial charge in [-0.25, -0.2) is 8.42 Å². The Bertz CT molecular complexity index is 1220. The van der Waals surface area contributed by atoms with Crippen LogP contribution in [0, 0.1) is 0 Å². The number of amides is 2. The van der Waals surface area contributed by atoms with Gasteiger partial charge in [0.2, 0.25) is 22.0 Å². The van der Waals surface area contributed by atoms with E-state index < -0.39 is 16.1 Å². The van der Waals surface area contributed by atoms with Gasteiger partial charge in [-0.1, -0.05) is 12.1 Å². The second-order valence-electron chi connectivity index (χ2n) is 8.66. The standard InChI is InChI=1S/C24H27N3O6S/c1-17(28)27-10-4-5-18-15-19(8-9-20(18)27)34(30,31)26-13-11-25(12-14-26)24(29)23-16-32-21-6-2-3-7-22(21)33-23/h2-3,6-9,15,23H,4-5,10-14,16H2,1H3/t23-/m1/s1. The van der Waals surface area contributed by atoms with Crippen molar-refractivity contribution in [3.05, 3.63) is 48.0 Å². The molecule has 5 rings (SSSR count). The van der Waals surface area contributed by atoms with Crippen LogP contribution in [0.1, 0.15) is 18.9 Å². The molecule has 1 saturated heterocycles. The fourth-order valence-electron chi connectivity index (χ4n) is 4.70. The summed E-state index contributed by atoms with van der Waals surface area (Å²) in [7, 11) is -3.71. The Kier molecular flexibility index (Phi) is 5.95. The van der Waals surface area contributed by atoms with Crippen molar-refractivity contribution in [1.82, 2.24) is 9.21 Å². The molecule has 34 heavy (non-hydrogen) atoms. The third kappa shape index (κ3) is 4.12. The highest BCUT2D eigenvalue weighted by atomic mass is 32.2. The lowest BCUT2D eigenvalue weighted by molar-refractivity contribution is -0.142. The van der Waals surface area contributed by atoms with Crippen molar-refractivity contribution in [3.63, 3.8) is 0 Å². The molecule has 180 valence electrons. The van der Waals surface area contributed by atoms with Gasteiger partial charge < -0.3 is 19.3 Å². The summed E-state index contributed by atoms with van der Waals surface area (Å²) in [6.07, 6.45) is 0.786. The molecule has 3 aliphatic heterocycles. The highest BCUT2D eigenvalue weighted by Crippen LogP contribution is 2.32. The van der Waals surface area contributed by atoms with Gasteiger partial charge >= 0.3 is 0 Å². The van der Waals surface area contributed by atoms with Crippen LogP contribution in [-0.4, -0.2) is 74.9 Å². The number of hydrogen-bond acceptors (Lipinski definition) is 6. The number of benzene rings is 2. The Labute approximate surface area is 198 Å². The predicted molar refractivity (Wildman–Crippen MR) is 124 cm³/mol. The van der Waals surface area contributed by atoms with Crippen molar-refractivity contribution in [2.24, 2.45) is 0 Å². The minimum atomic E-state index is -3.71. The molecule has 1 atom stereocenters. The Hall–Kier alpha value is -3.11. The molecule has 0 spiro atoms. The van der Waals surface area contributed by atoms with Gasteiger partial charge in [-0.2, -0.15) is 4.31 Å². The molecule has 2 aromatic rings. The molecule has 0 radical (unpaired) electrons. The summed E-state index contributed by atoms with van der Waals surface area (Å²) in [5.41, 5.74) is 1.65. The zero-order valence-electron chi connectivity index (χ0n) is 19.0. The molecule has 9 nitrogen and oxygen atoms in total. The zero-order chi connectivity index (χ0) is 23.9. The van der Waals surface area contributed by atoms with E-state index in [0.29, 0.717) is 18.0 Å². The number of anilines is 1. The molecular weight excluding hydrogens is 458 g/mol. The molecule has 0 unspecified atom stereocenters. The lowest BCUT2D eigenvalue weighted by Crippen LogP contribution is -2.55. The number of rotatable bonds is 3. The topological polar surface area (TPSA) is 96.5 Å². The first-order valence-electron chi connectivity index (χ1n) is 11.4. The molecule has 3 heterocycles. The van der Waals surface area contributed by atoms with Crippen LogP contribution < -0.4 is 14.4 Å². The van der Waals surface area contributed by atoms with E-state index in [4.69, 9.17) is 9.47 Å². The quantitative estimate of drug-likeness (QED) is 0.656. The average Bonchev–Trinajstić information content (AvgIpc) is 2.87. The molecule has 3 aliphatic rings. The number of aryl methyl sites for hydroxylation is 1. The highest BCUT2D eigenvalue weighted by molar-refractivity contribution is 7.89. The molecule has 0 N–H and O–H groups in total. The van der Waals surface area contributed by atoms with Crippen LogP contribution in [-0.2, 0) is 26.0 Å². The SMILES string of the molecule is CC(=O)N1CCCc2cc(S(=O)(=O)N3CCN(C(=O)[C@H]4COc5ccccc5O4)CC3)ccc21. The van der Waals surface area contributed by atoms with Crippen molar-refractivity contribution < 1.29 is 27.5 Å². The second kappa shape index (κ2) is 8.92. The maximum Gasteiger partial charge on any atom is 0.267 e. The number of fused-ring (bicyclic) bond motifs is 2. The lowest BCUT2D eigenvalue weighted by Gasteiger charge is -2.36. The van der Waals surface area contributed by atoms with Crippen LogP contribution in [0.25, 0.3) is 0 Å². The molecule has 10 heteroatoms. The number of para-hydroxylation sites is 2. The minimum absolute atomic E-state index is 0.0480. The number of nitrogens with zero attached hydrogens (tertiary/aromatic N) is 3. The summed E-state index contributed by atoms with van der Waals surface area (Å²) in [6, 6.07) is 12.2. The highest BCUT2D eigenvalue weighted by Gasteiger charge is 2.36. The number of carbonyl (C=O) groups is 2. The van der Waals surface area contributed by atoms with Gasteiger partial charge in [0.05, 0.1) is 4.90 Å². The van der Waals surface area contributed by atoms with E-state index in [1.807, 2.05) is 12.1 Å². The summed E-state index contributed by atoms with van der Waals surface area (Å²) in [6.45, 7) is 3.26. The number of piperazine rings is 1. The maximum atomic E-state index is 13.3. The van der Waals surface area contributed by atoms with Crippen molar-refractivity contribution >= 4 is 27.5 Å². The van der Waals surface area contributed by atoms with Gasteiger partial charge in [-0.3, -0.25) is 9.59 Å². The first-order chi connectivity index (χ1) is 16.3. The van der Waals surface area contributed by atoms with Crippen LogP contribution in [0.15, 0.2) is 47.4 Å². The van der Waals surface area contributed by atoms with E-state index in [2.05, 4.69) is 0 Å². The first kappa shape index (κ1) is 22.7. The number of hydrogen-bond donors (Lipinski definition) is 0. The Morgan fingerprint density at radius 1 is 0.971 bits per heavy atom. The van der Waals surface area contributed by atoms with Crippen molar-refractivity contribution in [2.45, 2.75) is 30.8 Å². The molecule has 2 amide bonds. The molecule has 2 aromatic carbocycles. The van der Waals surface area contributed by atoms with E-state index in [9.17, 15) is 18.0 Å². The summed E-state index contributed by atoms with van der Waals surface area (Å²) >= 11 is 0. The normalized spacial score (nSPS) is 20.6. The molecule has 0 saturated carbocycles. The Morgan fingerprint density at radius 3 is 2.44 bits per heavy atom. The monoisotopic (exact) mass is 485 g/mol. The molecule has 0 aromatic heterocycles. The van der Waals surface area contributed by atoms with Crippen LogP contribution in [0.4, 0.5) is 5.69 Å². The third-order valence-corrected chi connectivity index (χ3v) is 8.42. The van der Waals surface area contributed by atoms with Crippen LogP contribution in [0.5, 0.6) is 11.5 Å². The fourth-order valence-corrected chi connectivity index (χ4v) is 6.18. The second-order valence-corrected chi connectivity index (χ2v) is 10.6. The molecule has 0 bridgehead atoms. The van der Waals surface area contributed by atoms with Crippen molar-refractivity contribution in [3.8, 4) is 11.5 Å². The molecular formula is C24H27N3O6S. The summed E-state index contributed by atoms with van der Waals surface area (Å²) < 4.78 is 39.5. The number of carbonyl (C=O) groups excluding carboxylic acids is 2. The van der Waals surface area contributed by atoms with Crippen LogP contribution >= 0.6 is 0 Å². The fraction of sp³-hybridized carbons (Fsp3) is 0.417. The van der Waals surface area contributed by atoms with Gasteiger partial charge in [0.25, 0.3) is 5.91 Å². The first-order valence-corrected chi connectivity index (χ1v) is 12.9. The average molecular weight is 486 g/mol. The van der Waals surface area contributed by atoms with E-state index in [1.165, 1.54) is 11.2 Å². The van der Waals surface area contributed by atoms with Gasteiger partial charge in [0.15, 0.2) is 11.5 Å². The third-order valence-electron chi connectivity index (χ3n) is 6.52. The molecule has 0 aliphatic carbocycles. The summed E-state index contributed by atoms with van der Waals surface area (Å²) in [5, 5.41) is 0. The van der Waals surface area contributed by atoms with E-state index >= 15 is 0 Å². The largest absolute Gasteiger partial charge is 0.485 e. The predicted octanol–water partition coefficient (Wildman–Crippen LogP) is 1.66. The Balaban J connectivity index is 1.25. The van der Waals surface area contributed by atoms with Crippen LogP contribution in [0.3, 0.4) is 0 Å².